The highest BCUT2D eigenvalue weighted by atomic mass is 16.5. The van der Waals surface area contributed by atoms with Crippen LogP contribution in [0.5, 0.6) is 0 Å². The van der Waals surface area contributed by atoms with Crippen molar-refractivity contribution in [1.29, 1.82) is 0 Å². The van der Waals surface area contributed by atoms with E-state index in [1.165, 1.54) is 6.92 Å². The first-order valence-electron chi connectivity index (χ1n) is 5.14. The molecular weight excluding hydrogens is 196 g/mol. The van der Waals surface area contributed by atoms with Crippen LogP contribution in [-0.4, -0.2) is 25.2 Å². The zero-order valence-electron chi connectivity index (χ0n) is 10.1. The monoisotopic (exact) mass is 216 g/mol. The van der Waals surface area contributed by atoms with E-state index in [-0.39, 0.29) is 5.57 Å². The summed E-state index contributed by atoms with van der Waals surface area (Å²) in [5.41, 5.74) is 0.250. The molecule has 0 atom stereocenters. The second kappa shape index (κ2) is 10.8. The largest absolute Gasteiger partial charge is 0.463 e. The minimum atomic E-state index is -0.520. The fourth-order valence-electron chi connectivity index (χ4n) is 0.665. The molecule has 4 heteroatoms. The normalized spacial score (nSPS) is 9.80. The molecule has 0 aliphatic carbocycles. The quantitative estimate of drug-likeness (QED) is 0.533. The summed E-state index contributed by atoms with van der Waals surface area (Å²) in [5, 5.41) is 0. The topological polar surface area (TPSA) is 52.6 Å². The maximum atomic E-state index is 11.0. The van der Waals surface area contributed by atoms with E-state index in [2.05, 4.69) is 9.47 Å². The lowest BCUT2D eigenvalue weighted by molar-refractivity contribution is -0.140. The fourth-order valence-corrected chi connectivity index (χ4v) is 0.665. The van der Waals surface area contributed by atoms with Gasteiger partial charge in [0, 0.05) is 11.6 Å². The molecule has 0 bridgehead atoms. The summed E-state index contributed by atoms with van der Waals surface area (Å²) in [4.78, 5) is 21.8. The Labute approximate surface area is 91.3 Å². The zero-order valence-corrected chi connectivity index (χ0v) is 10.1. The molecule has 0 aliphatic heterocycles. The molecule has 0 radical (unpaired) electrons. The average molecular weight is 216 g/mol. The third-order valence-electron chi connectivity index (χ3n) is 1.22. The molecule has 88 valence electrons. The highest BCUT2D eigenvalue weighted by Gasteiger charge is 2.06. The fraction of sp³-hybridized carbons (Fsp3) is 0.636. The Morgan fingerprint density at radius 3 is 1.93 bits per heavy atom. The van der Waals surface area contributed by atoms with Gasteiger partial charge < -0.3 is 9.47 Å². The standard InChI is InChI=1S/C9H14O4.C2H6/c1-4-12-8(10)6-7(3)9(11)13-5-2;1-2/h6H,4-5H2,1-3H3;1-2H3/b7-6-;. The van der Waals surface area contributed by atoms with E-state index in [0.717, 1.165) is 6.08 Å². The number of ether oxygens (including phenoxy) is 2. The van der Waals surface area contributed by atoms with E-state index in [1.54, 1.807) is 13.8 Å². The lowest BCUT2D eigenvalue weighted by Crippen LogP contribution is -2.08. The van der Waals surface area contributed by atoms with Crippen molar-refractivity contribution in [2.24, 2.45) is 0 Å². The van der Waals surface area contributed by atoms with Gasteiger partial charge in [-0.2, -0.15) is 0 Å². The van der Waals surface area contributed by atoms with E-state index in [9.17, 15) is 9.59 Å². The molecule has 15 heavy (non-hydrogen) atoms. The van der Waals surface area contributed by atoms with Gasteiger partial charge >= 0.3 is 11.9 Å². The lowest BCUT2D eigenvalue weighted by Gasteiger charge is -2.01. The van der Waals surface area contributed by atoms with Gasteiger partial charge in [0.1, 0.15) is 0 Å². The van der Waals surface area contributed by atoms with Gasteiger partial charge in [-0.15, -0.1) is 0 Å². The van der Waals surface area contributed by atoms with Crippen molar-refractivity contribution in [3.63, 3.8) is 0 Å². The van der Waals surface area contributed by atoms with Crippen molar-refractivity contribution >= 4 is 11.9 Å². The molecule has 4 nitrogen and oxygen atoms in total. The van der Waals surface area contributed by atoms with Gasteiger partial charge in [0.2, 0.25) is 0 Å². The minimum Gasteiger partial charge on any atom is -0.463 e. The summed E-state index contributed by atoms with van der Waals surface area (Å²) in [7, 11) is 0. The summed E-state index contributed by atoms with van der Waals surface area (Å²) >= 11 is 0. The molecule has 0 amide bonds. The Hall–Kier alpha value is -1.32. The highest BCUT2D eigenvalue weighted by molar-refractivity contribution is 5.95. The van der Waals surface area contributed by atoms with Crippen molar-refractivity contribution in [2.75, 3.05) is 13.2 Å². The van der Waals surface area contributed by atoms with E-state index in [4.69, 9.17) is 0 Å². The molecule has 0 unspecified atom stereocenters. The van der Waals surface area contributed by atoms with Gasteiger partial charge in [0.25, 0.3) is 0 Å². The molecular formula is C11H20O4. The van der Waals surface area contributed by atoms with Crippen molar-refractivity contribution < 1.29 is 19.1 Å². The first-order chi connectivity index (χ1) is 7.11. The summed E-state index contributed by atoms with van der Waals surface area (Å²) in [6.45, 7) is 9.51. The maximum absolute atomic E-state index is 11.0. The van der Waals surface area contributed by atoms with Gasteiger partial charge in [-0.1, -0.05) is 13.8 Å². The molecule has 0 saturated carbocycles. The zero-order chi connectivity index (χ0) is 12.3. The molecule has 0 rings (SSSR count). The molecule has 0 aromatic carbocycles. The van der Waals surface area contributed by atoms with Crippen LogP contribution in [0.3, 0.4) is 0 Å². The van der Waals surface area contributed by atoms with Gasteiger partial charge in [-0.3, -0.25) is 0 Å². The van der Waals surface area contributed by atoms with Crippen molar-refractivity contribution in [3.05, 3.63) is 11.6 Å². The van der Waals surface area contributed by atoms with Crippen LogP contribution in [-0.2, 0) is 19.1 Å². The number of hydrogen-bond donors (Lipinski definition) is 0. The minimum absolute atomic E-state index is 0.250. The van der Waals surface area contributed by atoms with Crippen LogP contribution < -0.4 is 0 Å². The van der Waals surface area contributed by atoms with E-state index >= 15 is 0 Å². The van der Waals surface area contributed by atoms with E-state index in [1.807, 2.05) is 13.8 Å². The Morgan fingerprint density at radius 2 is 1.53 bits per heavy atom. The predicted molar refractivity (Wildman–Crippen MR) is 58.4 cm³/mol. The smallest absolute Gasteiger partial charge is 0.333 e. The van der Waals surface area contributed by atoms with Gasteiger partial charge in [0.15, 0.2) is 0 Å². The second-order valence-corrected chi connectivity index (χ2v) is 2.30. The van der Waals surface area contributed by atoms with Gasteiger partial charge in [-0.25, -0.2) is 9.59 Å². The van der Waals surface area contributed by atoms with Crippen LogP contribution in [0, 0.1) is 0 Å². The van der Waals surface area contributed by atoms with E-state index in [0.29, 0.717) is 13.2 Å². The Kier molecular flexibility index (Phi) is 11.6. The second-order valence-electron chi connectivity index (χ2n) is 2.30. The number of carbonyl (C=O) groups excluding carboxylic acids is 2. The number of rotatable bonds is 4. The lowest BCUT2D eigenvalue weighted by atomic mass is 10.3. The van der Waals surface area contributed by atoms with Crippen molar-refractivity contribution in [1.82, 2.24) is 0 Å². The number of carbonyl (C=O) groups is 2. The summed E-state index contributed by atoms with van der Waals surface area (Å²) in [6, 6.07) is 0. The Morgan fingerprint density at radius 1 is 1.07 bits per heavy atom. The van der Waals surface area contributed by atoms with Crippen molar-refractivity contribution in [2.45, 2.75) is 34.6 Å². The summed E-state index contributed by atoms with van der Waals surface area (Å²) < 4.78 is 9.29. The molecule has 0 aromatic heterocycles. The van der Waals surface area contributed by atoms with Crippen LogP contribution in [0.2, 0.25) is 0 Å². The van der Waals surface area contributed by atoms with Crippen LogP contribution in [0.25, 0.3) is 0 Å². The van der Waals surface area contributed by atoms with Crippen LogP contribution in [0.15, 0.2) is 11.6 Å². The summed E-state index contributed by atoms with van der Waals surface area (Å²) in [6.07, 6.45) is 1.13. The first kappa shape index (κ1) is 16.1. The maximum Gasteiger partial charge on any atom is 0.333 e. The van der Waals surface area contributed by atoms with Crippen molar-refractivity contribution in [3.8, 4) is 0 Å². The van der Waals surface area contributed by atoms with Gasteiger partial charge in [0.05, 0.1) is 13.2 Å². The molecule has 0 aliphatic rings. The van der Waals surface area contributed by atoms with Crippen LogP contribution in [0.1, 0.15) is 34.6 Å². The molecule has 0 saturated heterocycles. The average Bonchev–Trinajstić information content (AvgIpc) is 2.21. The Balaban J connectivity index is 0. The number of esters is 2. The predicted octanol–water partition coefficient (Wildman–Crippen LogP) is 2.09. The van der Waals surface area contributed by atoms with Crippen LogP contribution in [0.4, 0.5) is 0 Å². The van der Waals surface area contributed by atoms with E-state index < -0.39 is 11.9 Å². The highest BCUT2D eigenvalue weighted by Crippen LogP contribution is 1.97. The first-order valence-corrected chi connectivity index (χ1v) is 5.14. The third kappa shape index (κ3) is 9.00. The Bertz CT molecular complexity index is 219. The molecule has 0 heterocycles. The molecule has 0 aromatic rings. The van der Waals surface area contributed by atoms with Crippen LogP contribution >= 0.6 is 0 Å². The molecule has 0 fully saturated rings. The number of hydrogen-bond acceptors (Lipinski definition) is 4. The summed E-state index contributed by atoms with van der Waals surface area (Å²) in [5.74, 6) is -1.01. The van der Waals surface area contributed by atoms with Gasteiger partial charge in [-0.05, 0) is 20.8 Å². The molecule has 0 spiro atoms. The third-order valence-corrected chi connectivity index (χ3v) is 1.22. The SMILES string of the molecule is CC.CCOC(=O)/C=C(/C)C(=O)OCC. The molecule has 0 N–H and O–H groups in total.